The number of rotatable bonds is 3. The van der Waals surface area contributed by atoms with Gasteiger partial charge in [-0.2, -0.15) is 0 Å². The molecule has 2 aliphatic heterocycles. The van der Waals surface area contributed by atoms with E-state index in [9.17, 15) is 18.4 Å². The minimum atomic E-state index is -0.757. The number of benzene rings is 1. The number of likely N-dealkylation sites (tertiary alicyclic amines) is 1. The molecule has 2 unspecified atom stereocenters. The molecular formula is C16H18F2N2O3. The van der Waals surface area contributed by atoms with Crippen molar-refractivity contribution in [3.63, 3.8) is 0 Å². The Hall–Kier alpha value is -2.02. The lowest BCUT2D eigenvalue weighted by molar-refractivity contribution is -0.134. The normalized spacial score (nSPS) is 24.6. The van der Waals surface area contributed by atoms with Gasteiger partial charge in [0.25, 0.3) is 0 Å². The van der Waals surface area contributed by atoms with E-state index >= 15 is 0 Å². The summed E-state index contributed by atoms with van der Waals surface area (Å²) in [7, 11) is 0. The number of nitrogens with zero attached hydrogens (tertiary/aromatic N) is 2. The summed E-state index contributed by atoms with van der Waals surface area (Å²) in [6, 6.07) is 2.92. The Kier molecular flexibility index (Phi) is 4.30. The van der Waals surface area contributed by atoms with Gasteiger partial charge in [0.1, 0.15) is 11.6 Å². The van der Waals surface area contributed by atoms with Crippen LogP contribution >= 0.6 is 0 Å². The topological polar surface area (TPSA) is 60.9 Å². The van der Waals surface area contributed by atoms with Crippen molar-refractivity contribution in [3.8, 4) is 0 Å². The number of aliphatic hydroxyl groups excluding tert-OH is 1. The Balaban J connectivity index is 1.71. The summed E-state index contributed by atoms with van der Waals surface area (Å²) in [6.07, 6.45) is 0.791. The predicted molar refractivity (Wildman–Crippen MR) is 78.6 cm³/mol. The smallest absolute Gasteiger partial charge is 0.228 e. The highest BCUT2D eigenvalue weighted by Crippen LogP contribution is 2.29. The number of carbonyl (C=O) groups excluding carboxylic acids is 2. The zero-order valence-electron chi connectivity index (χ0n) is 12.5. The van der Waals surface area contributed by atoms with Gasteiger partial charge >= 0.3 is 0 Å². The Morgan fingerprint density at radius 2 is 1.91 bits per heavy atom. The summed E-state index contributed by atoms with van der Waals surface area (Å²) in [5.41, 5.74) is 0.137. The van der Waals surface area contributed by atoms with E-state index in [4.69, 9.17) is 5.11 Å². The summed E-state index contributed by atoms with van der Waals surface area (Å²) < 4.78 is 26.6. The number of halogens is 2. The van der Waals surface area contributed by atoms with Crippen LogP contribution in [0.1, 0.15) is 12.8 Å². The summed E-state index contributed by atoms with van der Waals surface area (Å²) in [6.45, 7) is 1.24. The molecule has 2 fully saturated rings. The number of hydrogen-bond acceptors (Lipinski definition) is 3. The van der Waals surface area contributed by atoms with Crippen LogP contribution in [0.15, 0.2) is 18.2 Å². The molecule has 3 rings (SSSR count). The minimum absolute atomic E-state index is 0.0389. The fourth-order valence-electron chi connectivity index (χ4n) is 3.26. The van der Waals surface area contributed by atoms with Crippen molar-refractivity contribution in [2.75, 3.05) is 31.1 Å². The SMILES string of the molecule is O=C(C1CC(=O)N(c2cc(F)cc(F)c2)C1)N1CCC(CO)C1. The van der Waals surface area contributed by atoms with Crippen LogP contribution in [-0.2, 0) is 9.59 Å². The summed E-state index contributed by atoms with van der Waals surface area (Å²) in [5, 5.41) is 9.14. The van der Waals surface area contributed by atoms with Gasteiger partial charge in [0, 0.05) is 50.3 Å². The Morgan fingerprint density at radius 1 is 1.22 bits per heavy atom. The predicted octanol–water partition coefficient (Wildman–Crippen LogP) is 1.16. The Bertz CT molecular complexity index is 618. The van der Waals surface area contributed by atoms with Gasteiger partial charge in [-0.1, -0.05) is 0 Å². The largest absolute Gasteiger partial charge is 0.396 e. The Labute approximate surface area is 132 Å². The molecule has 0 radical (unpaired) electrons. The van der Waals surface area contributed by atoms with Crippen LogP contribution in [0.5, 0.6) is 0 Å². The first-order valence-corrected chi connectivity index (χ1v) is 7.64. The first-order valence-electron chi connectivity index (χ1n) is 7.64. The first-order chi connectivity index (χ1) is 11.0. The zero-order valence-corrected chi connectivity index (χ0v) is 12.5. The van der Waals surface area contributed by atoms with E-state index in [0.29, 0.717) is 13.1 Å². The van der Waals surface area contributed by atoms with Gasteiger partial charge in [0.05, 0.1) is 5.92 Å². The van der Waals surface area contributed by atoms with Crippen LogP contribution < -0.4 is 4.90 Å². The van der Waals surface area contributed by atoms with Crippen molar-refractivity contribution in [1.29, 1.82) is 0 Å². The van der Waals surface area contributed by atoms with Gasteiger partial charge in [-0.25, -0.2) is 8.78 Å². The number of amides is 2. The van der Waals surface area contributed by atoms with E-state index in [0.717, 1.165) is 24.6 Å². The molecule has 2 aliphatic rings. The van der Waals surface area contributed by atoms with E-state index in [1.807, 2.05) is 0 Å². The maximum absolute atomic E-state index is 13.3. The monoisotopic (exact) mass is 324 g/mol. The van der Waals surface area contributed by atoms with Crippen LogP contribution in [0, 0.1) is 23.5 Å². The fourth-order valence-corrected chi connectivity index (χ4v) is 3.26. The Morgan fingerprint density at radius 3 is 2.52 bits per heavy atom. The third kappa shape index (κ3) is 3.19. The molecule has 23 heavy (non-hydrogen) atoms. The molecule has 1 aromatic rings. The van der Waals surface area contributed by atoms with E-state index in [1.165, 1.54) is 4.90 Å². The molecule has 124 valence electrons. The lowest BCUT2D eigenvalue weighted by Crippen LogP contribution is -2.36. The highest BCUT2D eigenvalue weighted by molar-refractivity contribution is 6.00. The highest BCUT2D eigenvalue weighted by Gasteiger charge is 2.39. The van der Waals surface area contributed by atoms with Gasteiger partial charge in [0.2, 0.25) is 11.8 Å². The van der Waals surface area contributed by atoms with Crippen molar-refractivity contribution in [2.24, 2.45) is 11.8 Å². The fraction of sp³-hybridized carbons (Fsp3) is 0.500. The number of hydrogen-bond donors (Lipinski definition) is 1. The van der Waals surface area contributed by atoms with Gasteiger partial charge in [0.15, 0.2) is 0 Å². The molecule has 2 amide bonds. The number of anilines is 1. The second-order valence-corrected chi connectivity index (χ2v) is 6.15. The molecule has 0 saturated carbocycles. The maximum atomic E-state index is 13.3. The lowest BCUT2D eigenvalue weighted by atomic mass is 10.1. The van der Waals surface area contributed by atoms with Gasteiger partial charge in [-0.3, -0.25) is 9.59 Å². The summed E-state index contributed by atoms with van der Waals surface area (Å²) in [4.78, 5) is 27.5. The van der Waals surface area contributed by atoms with Crippen LogP contribution in [0.25, 0.3) is 0 Å². The molecule has 5 nitrogen and oxygen atoms in total. The molecule has 0 aliphatic carbocycles. The molecule has 1 aromatic carbocycles. The molecule has 7 heteroatoms. The van der Waals surface area contributed by atoms with E-state index in [-0.39, 0.29) is 43.0 Å². The van der Waals surface area contributed by atoms with Gasteiger partial charge < -0.3 is 14.9 Å². The van der Waals surface area contributed by atoms with E-state index in [1.54, 1.807) is 4.90 Å². The van der Waals surface area contributed by atoms with E-state index < -0.39 is 17.6 Å². The second-order valence-electron chi connectivity index (χ2n) is 6.15. The highest BCUT2D eigenvalue weighted by atomic mass is 19.1. The van der Waals surface area contributed by atoms with Gasteiger partial charge in [-0.15, -0.1) is 0 Å². The minimum Gasteiger partial charge on any atom is -0.396 e. The van der Waals surface area contributed by atoms with Crippen molar-refractivity contribution in [3.05, 3.63) is 29.8 Å². The maximum Gasteiger partial charge on any atom is 0.228 e. The quantitative estimate of drug-likeness (QED) is 0.908. The lowest BCUT2D eigenvalue weighted by Gasteiger charge is -2.21. The van der Waals surface area contributed by atoms with Crippen LogP contribution in [-0.4, -0.2) is 48.1 Å². The molecule has 0 spiro atoms. The molecule has 0 aromatic heterocycles. The van der Waals surface area contributed by atoms with E-state index in [2.05, 4.69) is 0 Å². The number of carbonyl (C=O) groups is 2. The summed E-state index contributed by atoms with van der Waals surface area (Å²) in [5.74, 6) is -2.38. The second kappa shape index (κ2) is 6.23. The van der Waals surface area contributed by atoms with Gasteiger partial charge in [-0.05, 0) is 18.6 Å². The third-order valence-electron chi connectivity index (χ3n) is 4.49. The summed E-state index contributed by atoms with van der Waals surface area (Å²) >= 11 is 0. The van der Waals surface area contributed by atoms with Crippen LogP contribution in [0.4, 0.5) is 14.5 Å². The standard InChI is InChI=1S/C16H18F2N2O3/c17-12-4-13(18)6-14(5-12)20-8-11(3-15(20)22)16(23)19-2-1-10(7-19)9-21/h4-6,10-11,21H,1-3,7-9H2. The van der Waals surface area contributed by atoms with Crippen LogP contribution in [0.3, 0.4) is 0 Å². The molecular weight excluding hydrogens is 306 g/mol. The van der Waals surface area contributed by atoms with Crippen molar-refractivity contribution < 1.29 is 23.5 Å². The zero-order chi connectivity index (χ0) is 16.6. The van der Waals surface area contributed by atoms with Crippen molar-refractivity contribution in [1.82, 2.24) is 4.90 Å². The molecule has 2 saturated heterocycles. The molecule has 0 bridgehead atoms. The number of aliphatic hydroxyl groups is 1. The average molecular weight is 324 g/mol. The van der Waals surface area contributed by atoms with Crippen molar-refractivity contribution >= 4 is 17.5 Å². The average Bonchev–Trinajstić information content (AvgIpc) is 3.12. The molecule has 2 atom stereocenters. The van der Waals surface area contributed by atoms with Crippen molar-refractivity contribution in [2.45, 2.75) is 12.8 Å². The van der Waals surface area contributed by atoms with Crippen LogP contribution in [0.2, 0.25) is 0 Å². The molecule has 2 heterocycles. The third-order valence-corrected chi connectivity index (χ3v) is 4.49. The molecule has 1 N–H and O–H groups in total. The first kappa shape index (κ1) is 15.9.